The number of anilines is 1. The van der Waals surface area contributed by atoms with Crippen LogP contribution in [0.25, 0.3) is 0 Å². The van der Waals surface area contributed by atoms with Crippen molar-refractivity contribution in [2.45, 2.75) is 12.8 Å². The molecule has 0 atom stereocenters. The smallest absolute Gasteiger partial charge is 0.166 e. The fourth-order valence-electron chi connectivity index (χ4n) is 2.45. The van der Waals surface area contributed by atoms with Gasteiger partial charge in [0.15, 0.2) is 11.6 Å². The maximum atomic E-state index is 13.7. The molecular weight excluding hydrogens is 269 g/mol. The number of methoxy groups -OCH3 is 1. The molecule has 0 saturated carbocycles. The quantitative estimate of drug-likeness (QED) is 0.872. The molecule has 1 aromatic heterocycles. The molecule has 0 spiro atoms. The lowest BCUT2D eigenvalue weighted by Gasteiger charge is -2.37. The largest absolute Gasteiger partial charge is 0.384 e. The molecule has 0 aromatic carbocycles. The summed E-state index contributed by atoms with van der Waals surface area (Å²) in [4.78, 5) is 3.98. The molecule has 0 aliphatic carbocycles. The highest BCUT2D eigenvalue weighted by Gasteiger charge is 2.32. The molecule has 0 unspecified atom stereocenters. The van der Waals surface area contributed by atoms with Gasteiger partial charge in [0.1, 0.15) is 0 Å². The van der Waals surface area contributed by atoms with E-state index in [0.717, 1.165) is 25.9 Å². The second-order valence-corrected chi connectivity index (χ2v) is 5.46. The molecule has 1 aliphatic heterocycles. The molecule has 4 nitrogen and oxygen atoms in total. The maximum absolute atomic E-state index is 13.7. The average molecular weight is 288 g/mol. The van der Waals surface area contributed by atoms with Gasteiger partial charge in [0, 0.05) is 25.3 Å². The van der Waals surface area contributed by atoms with Crippen LogP contribution < -0.4 is 10.6 Å². The Balaban J connectivity index is 2.01. The Morgan fingerprint density at radius 2 is 2.26 bits per heavy atom. The van der Waals surface area contributed by atoms with Crippen LogP contribution in [0.2, 0.25) is 5.02 Å². The van der Waals surface area contributed by atoms with E-state index < -0.39 is 5.82 Å². The molecule has 1 saturated heterocycles. The van der Waals surface area contributed by atoms with Crippen LogP contribution >= 0.6 is 11.6 Å². The molecule has 1 fully saturated rings. The lowest BCUT2D eigenvalue weighted by molar-refractivity contribution is 0.0634. The lowest BCUT2D eigenvalue weighted by Crippen LogP contribution is -2.44. The minimum absolute atomic E-state index is 0.0355. The van der Waals surface area contributed by atoms with E-state index in [2.05, 4.69) is 15.6 Å². The van der Waals surface area contributed by atoms with Crippen LogP contribution in [0.5, 0.6) is 0 Å². The highest BCUT2D eigenvalue weighted by atomic mass is 35.5. The van der Waals surface area contributed by atoms with E-state index in [1.165, 1.54) is 12.3 Å². The number of nitrogens with one attached hydrogen (secondary N) is 2. The third-order valence-corrected chi connectivity index (χ3v) is 3.76. The highest BCUT2D eigenvalue weighted by molar-refractivity contribution is 6.30. The summed E-state index contributed by atoms with van der Waals surface area (Å²) >= 11 is 5.68. The van der Waals surface area contributed by atoms with E-state index in [4.69, 9.17) is 16.3 Å². The Morgan fingerprint density at radius 3 is 2.89 bits per heavy atom. The topological polar surface area (TPSA) is 46.2 Å². The average Bonchev–Trinajstić information content (AvgIpc) is 2.39. The molecule has 6 heteroatoms. The minimum Gasteiger partial charge on any atom is -0.384 e. The SMILES string of the molecule is COCC1(CNc2ncc(Cl)cc2F)CCNCC1. The van der Waals surface area contributed by atoms with Crippen molar-refractivity contribution in [1.82, 2.24) is 10.3 Å². The first-order chi connectivity index (χ1) is 9.15. The van der Waals surface area contributed by atoms with E-state index in [1.54, 1.807) is 7.11 Å². The Morgan fingerprint density at radius 1 is 1.53 bits per heavy atom. The number of aromatic nitrogens is 1. The molecule has 106 valence electrons. The van der Waals surface area contributed by atoms with Crippen molar-refractivity contribution in [3.8, 4) is 0 Å². The van der Waals surface area contributed by atoms with Gasteiger partial charge in [-0.25, -0.2) is 9.37 Å². The summed E-state index contributed by atoms with van der Waals surface area (Å²) in [5.74, 6) is -0.174. The van der Waals surface area contributed by atoms with Crippen LogP contribution in [-0.2, 0) is 4.74 Å². The van der Waals surface area contributed by atoms with Gasteiger partial charge in [0.05, 0.1) is 11.6 Å². The van der Waals surface area contributed by atoms with Crippen LogP contribution in [-0.4, -0.2) is 38.3 Å². The van der Waals surface area contributed by atoms with Crippen molar-refractivity contribution in [2.75, 3.05) is 38.7 Å². The third-order valence-electron chi connectivity index (χ3n) is 3.55. The van der Waals surface area contributed by atoms with Crippen molar-refractivity contribution < 1.29 is 9.13 Å². The second kappa shape index (κ2) is 6.50. The molecular formula is C13H19ClFN3O. The Kier molecular flexibility index (Phi) is 4.96. The van der Waals surface area contributed by atoms with E-state index in [9.17, 15) is 4.39 Å². The summed E-state index contributed by atoms with van der Waals surface area (Å²) in [6.45, 7) is 3.23. The van der Waals surface area contributed by atoms with Gasteiger partial charge in [-0.3, -0.25) is 0 Å². The minimum atomic E-state index is -0.422. The predicted octanol–water partition coefficient (Wildman–Crippen LogP) is 2.30. The molecule has 0 radical (unpaired) electrons. The summed E-state index contributed by atoms with van der Waals surface area (Å²) in [6.07, 6.45) is 3.45. The molecule has 1 aliphatic rings. The number of pyridine rings is 1. The zero-order valence-electron chi connectivity index (χ0n) is 11.0. The van der Waals surface area contributed by atoms with Gasteiger partial charge in [-0.1, -0.05) is 11.6 Å². The zero-order valence-corrected chi connectivity index (χ0v) is 11.8. The van der Waals surface area contributed by atoms with Crippen LogP contribution in [0.1, 0.15) is 12.8 Å². The van der Waals surface area contributed by atoms with Crippen molar-refractivity contribution in [2.24, 2.45) is 5.41 Å². The summed E-state index contributed by atoms with van der Waals surface area (Å²) in [5.41, 5.74) is 0.0355. The second-order valence-electron chi connectivity index (χ2n) is 5.02. The fourth-order valence-corrected chi connectivity index (χ4v) is 2.60. The van der Waals surface area contributed by atoms with Gasteiger partial charge in [0.25, 0.3) is 0 Å². The summed E-state index contributed by atoms with van der Waals surface area (Å²) in [6, 6.07) is 1.27. The number of rotatable bonds is 5. The monoisotopic (exact) mass is 287 g/mol. The summed E-state index contributed by atoms with van der Waals surface area (Å²) in [7, 11) is 1.70. The number of ether oxygens (including phenoxy) is 1. The first-order valence-corrected chi connectivity index (χ1v) is 6.78. The van der Waals surface area contributed by atoms with Gasteiger partial charge in [-0.15, -0.1) is 0 Å². The molecule has 0 amide bonds. The van der Waals surface area contributed by atoms with Crippen molar-refractivity contribution in [1.29, 1.82) is 0 Å². The number of nitrogens with zero attached hydrogens (tertiary/aromatic N) is 1. The molecule has 2 heterocycles. The van der Waals surface area contributed by atoms with Crippen molar-refractivity contribution >= 4 is 17.4 Å². The third kappa shape index (κ3) is 3.78. The number of halogens is 2. The zero-order chi connectivity index (χ0) is 13.7. The van der Waals surface area contributed by atoms with E-state index in [1.807, 2.05) is 0 Å². The normalized spacial score (nSPS) is 18.3. The standard InChI is InChI=1S/C13H19ClFN3O/c1-19-9-13(2-4-16-5-3-13)8-18-12-11(15)6-10(14)7-17-12/h6-7,16H,2-5,8-9H2,1H3,(H,17,18). The van der Waals surface area contributed by atoms with Crippen LogP contribution in [0.15, 0.2) is 12.3 Å². The van der Waals surface area contributed by atoms with Gasteiger partial charge >= 0.3 is 0 Å². The predicted molar refractivity (Wildman–Crippen MR) is 74.1 cm³/mol. The first-order valence-electron chi connectivity index (χ1n) is 6.40. The number of hydrogen-bond donors (Lipinski definition) is 2. The first kappa shape index (κ1) is 14.5. The maximum Gasteiger partial charge on any atom is 0.166 e. The number of piperidine rings is 1. The van der Waals surface area contributed by atoms with Crippen molar-refractivity contribution in [3.05, 3.63) is 23.1 Å². The van der Waals surface area contributed by atoms with E-state index in [-0.39, 0.29) is 11.2 Å². The molecule has 2 N–H and O–H groups in total. The van der Waals surface area contributed by atoms with E-state index in [0.29, 0.717) is 18.2 Å². The Hall–Kier alpha value is -0.910. The van der Waals surface area contributed by atoms with Gasteiger partial charge in [-0.05, 0) is 32.0 Å². The van der Waals surface area contributed by atoms with Gasteiger partial charge in [0.2, 0.25) is 0 Å². The van der Waals surface area contributed by atoms with Crippen molar-refractivity contribution in [3.63, 3.8) is 0 Å². The molecule has 19 heavy (non-hydrogen) atoms. The molecule has 2 rings (SSSR count). The number of hydrogen-bond acceptors (Lipinski definition) is 4. The van der Waals surface area contributed by atoms with Crippen LogP contribution in [0.3, 0.4) is 0 Å². The van der Waals surface area contributed by atoms with Gasteiger partial charge < -0.3 is 15.4 Å². The molecule has 1 aromatic rings. The summed E-state index contributed by atoms with van der Waals surface area (Å²) < 4.78 is 19.0. The Bertz CT molecular complexity index is 419. The van der Waals surface area contributed by atoms with Crippen LogP contribution in [0, 0.1) is 11.2 Å². The van der Waals surface area contributed by atoms with Crippen LogP contribution in [0.4, 0.5) is 10.2 Å². The molecule has 0 bridgehead atoms. The lowest BCUT2D eigenvalue weighted by atomic mass is 9.79. The summed E-state index contributed by atoms with van der Waals surface area (Å²) in [5, 5.41) is 6.71. The van der Waals surface area contributed by atoms with E-state index >= 15 is 0 Å². The highest BCUT2D eigenvalue weighted by Crippen LogP contribution is 2.29. The van der Waals surface area contributed by atoms with Gasteiger partial charge in [-0.2, -0.15) is 0 Å². The Labute approximate surface area is 117 Å². The fraction of sp³-hybridized carbons (Fsp3) is 0.615.